The Morgan fingerprint density at radius 1 is 1.63 bits per heavy atom. The Hall–Kier alpha value is -1.80. The largest absolute Gasteiger partial charge is 0.495 e. The van der Waals surface area contributed by atoms with E-state index >= 15 is 0 Å². The van der Waals surface area contributed by atoms with Crippen LogP contribution in [0.4, 0.5) is 10.5 Å². The summed E-state index contributed by atoms with van der Waals surface area (Å²) in [6, 6.07) is 5.14. The average Bonchev–Trinajstić information content (AvgIpc) is 2.74. The minimum absolute atomic E-state index is 0.0895. The Bertz CT molecular complexity index is 508. The van der Waals surface area contributed by atoms with Crippen molar-refractivity contribution < 1.29 is 23.0 Å². The molecule has 2 atom stereocenters. The second-order valence-electron chi connectivity index (χ2n) is 4.03. The fourth-order valence-corrected chi connectivity index (χ4v) is 2.22. The number of ether oxygens (including phenoxy) is 2. The number of hydrogen-bond donors (Lipinski definition) is 3. The van der Waals surface area contributed by atoms with Crippen LogP contribution in [-0.4, -0.2) is 34.6 Å². The third kappa shape index (κ3) is 3.58. The summed E-state index contributed by atoms with van der Waals surface area (Å²) in [4.78, 5) is 10.9. The molecule has 0 aliphatic carbocycles. The molecule has 7 nitrogen and oxygen atoms in total. The first-order valence-electron chi connectivity index (χ1n) is 5.56. The van der Waals surface area contributed by atoms with Crippen molar-refractivity contribution in [2.24, 2.45) is 0 Å². The molecule has 2 rings (SSSR count). The van der Waals surface area contributed by atoms with Crippen LogP contribution in [0.25, 0.3) is 0 Å². The third-order valence-electron chi connectivity index (χ3n) is 2.68. The second-order valence-corrected chi connectivity index (χ2v) is 4.73. The topological polar surface area (TPSA) is 96.9 Å². The van der Waals surface area contributed by atoms with Crippen LogP contribution < -0.4 is 14.8 Å². The molecule has 1 aliphatic rings. The number of cyclic esters (lactones) is 1. The van der Waals surface area contributed by atoms with Crippen molar-refractivity contribution in [1.82, 2.24) is 5.32 Å². The molecule has 1 aliphatic heterocycles. The third-order valence-corrected chi connectivity index (χ3v) is 3.08. The van der Waals surface area contributed by atoms with Crippen molar-refractivity contribution in [2.75, 3.05) is 18.4 Å². The van der Waals surface area contributed by atoms with Gasteiger partial charge in [-0.15, -0.1) is 0 Å². The van der Waals surface area contributed by atoms with Crippen LogP contribution >= 0.6 is 0 Å². The van der Waals surface area contributed by atoms with Crippen LogP contribution in [0.3, 0.4) is 0 Å². The summed E-state index contributed by atoms with van der Waals surface area (Å²) >= 11 is -2.17. The number of rotatable bonds is 5. The molecule has 3 N–H and O–H groups in total. The molecule has 0 aromatic heterocycles. The molecule has 19 heavy (non-hydrogen) atoms. The van der Waals surface area contributed by atoms with E-state index in [0.29, 0.717) is 24.5 Å². The molecule has 104 valence electrons. The van der Waals surface area contributed by atoms with E-state index in [0.717, 1.165) is 5.56 Å². The van der Waals surface area contributed by atoms with Gasteiger partial charge in [0.05, 0.1) is 18.8 Å². The zero-order valence-corrected chi connectivity index (χ0v) is 11.0. The van der Waals surface area contributed by atoms with Gasteiger partial charge in [0, 0.05) is 0 Å². The van der Waals surface area contributed by atoms with Crippen LogP contribution in [0, 0.1) is 0 Å². The Morgan fingerprint density at radius 3 is 3.00 bits per heavy atom. The highest BCUT2D eigenvalue weighted by Crippen LogP contribution is 2.26. The molecule has 0 saturated carbocycles. The molecule has 1 saturated heterocycles. The summed E-state index contributed by atoms with van der Waals surface area (Å²) in [6.07, 6.45) is 0.149. The lowest BCUT2D eigenvalue weighted by Gasteiger charge is -2.12. The predicted octanol–water partition coefficient (Wildman–Crippen LogP) is 0.895. The van der Waals surface area contributed by atoms with Gasteiger partial charge in [0.25, 0.3) is 11.3 Å². The molecular formula is C11H14N2O5S. The molecule has 1 fully saturated rings. The van der Waals surface area contributed by atoms with Gasteiger partial charge in [-0.2, -0.15) is 0 Å². The standard InChI is InChI=1S/C11H14N2O5S/c1-17-10-3-2-7(5-9(10)13-19(15)16)4-8-6-18-11(14)12-8/h2-3,5,8,13H,4,6H2,1H3,(H,12,14)(H,15,16)/t8-/m0/s1. The monoisotopic (exact) mass is 286 g/mol. The van der Waals surface area contributed by atoms with Crippen molar-refractivity contribution in [3.63, 3.8) is 0 Å². The summed E-state index contributed by atoms with van der Waals surface area (Å²) < 4.78 is 31.9. The number of benzene rings is 1. The van der Waals surface area contributed by atoms with Gasteiger partial charge in [0.15, 0.2) is 0 Å². The quantitative estimate of drug-likeness (QED) is 0.699. The van der Waals surface area contributed by atoms with Crippen LogP contribution in [-0.2, 0) is 22.4 Å². The Labute approximate surface area is 112 Å². The van der Waals surface area contributed by atoms with Crippen molar-refractivity contribution in [3.05, 3.63) is 23.8 Å². The van der Waals surface area contributed by atoms with Crippen molar-refractivity contribution >= 4 is 23.0 Å². The first-order valence-corrected chi connectivity index (χ1v) is 6.67. The van der Waals surface area contributed by atoms with Gasteiger partial charge in [0.2, 0.25) is 0 Å². The molecule has 1 heterocycles. The lowest BCUT2D eigenvalue weighted by molar-refractivity contribution is 0.177. The maximum Gasteiger partial charge on any atom is 0.407 e. The number of carbonyl (C=O) groups is 1. The smallest absolute Gasteiger partial charge is 0.407 e. The van der Waals surface area contributed by atoms with Gasteiger partial charge in [-0.05, 0) is 24.1 Å². The van der Waals surface area contributed by atoms with E-state index in [2.05, 4.69) is 10.0 Å². The number of nitrogens with one attached hydrogen (secondary N) is 2. The van der Waals surface area contributed by atoms with Crippen molar-refractivity contribution in [1.29, 1.82) is 0 Å². The van der Waals surface area contributed by atoms with Gasteiger partial charge < -0.3 is 14.8 Å². The normalized spacial score (nSPS) is 19.5. The molecule has 0 spiro atoms. The molecule has 1 amide bonds. The van der Waals surface area contributed by atoms with E-state index in [1.165, 1.54) is 7.11 Å². The highest BCUT2D eigenvalue weighted by molar-refractivity contribution is 7.80. The SMILES string of the molecule is COc1ccc(C[C@H]2COC(=O)N2)cc1NS(=O)O. The minimum Gasteiger partial charge on any atom is -0.495 e. The van der Waals surface area contributed by atoms with Gasteiger partial charge >= 0.3 is 6.09 Å². The highest BCUT2D eigenvalue weighted by atomic mass is 32.2. The Kier molecular flexibility index (Phi) is 4.23. The highest BCUT2D eigenvalue weighted by Gasteiger charge is 2.22. The van der Waals surface area contributed by atoms with E-state index in [-0.39, 0.29) is 6.04 Å². The molecule has 0 bridgehead atoms. The molecular weight excluding hydrogens is 272 g/mol. The zero-order valence-electron chi connectivity index (χ0n) is 10.2. The first kappa shape index (κ1) is 13.6. The maximum absolute atomic E-state index is 10.9. The van der Waals surface area contributed by atoms with Crippen LogP contribution in [0.2, 0.25) is 0 Å². The molecule has 0 radical (unpaired) electrons. The summed E-state index contributed by atoms with van der Waals surface area (Å²) in [5, 5.41) is 2.67. The molecule has 8 heteroatoms. The van der Waals surface area contributed by atoms with E-state index < -0.39 is 17.4 Å². The number of hydrogen-bond acceptors (Lipinski definition) is 4. The van der Waals surface area contributed by atoms with Crippen LogP contribution in [0.5, 0.6) is 5.75 Å². The molecule has 1 unspecified atom stereocenters. The fourth-order valence-electron chi connectivity index (χ4n) is 1.88. The summed E-state index contributed by atoms with van der Waals surface area (Å²) in [7, 11) is 1.48. The van der Waals surface area contributed by atoms with E-state index in [1.807, 2.05) is 6.07 Å². The second kappa shape index (κ2) is 5.89. The average molecular weight is 286 g/mol. The van der Waals surface area contributed by atoms with Gasteiger partial charge in [-0.3, -0.25) is 9.27 Å². The van der Waals surface area contributed by atoms with E-state index in [9.17, 15) is 9.00 Å². The van der Waals surface area contributed by atoms with E-state index in [4.69, 9.17) is 14.0 Å². The number of carbonyl (C=O) groups excluding carboxylic acids is 1. The summed E-state index contributed by atoms with van der Waals surface area (Å²) in [6.45, 7) is 0.319. The predicted molar refractivity (Wildman–Crippen MR) is 69.4 cm³/mol. The summed E-state index contributed by atoms with van der Waals surface area (Å²) in [5.74, 6) is 0.470. The zero-order chi connectivity index (χ0) is 13.8. The van der Waals surface area contributed by atoms with Crippen LogP contribution in [0.15, 0.2) is 18.2 Å². The fraction of sp³-hybridized carbons (Fsp3) is 0.364. The van der Waals surface area contributed by atoms with Gasteiger partial charge in [0.1, 0.15) is 12.4 Å². The van der Waals surface area contributed by atoms with E-state index in [1.54, 1.807) is 12.1 Å². The lowest BCUT2D eigenvalue weighted by Crippen LogP contribution is -2.28. The number of alkyl carbamates (subject to hydrolysis) is 1. The Morgan fingerprint density at radius 2 is 2.42 bits per heavy atom. The number of anilines is 1. The lowest BCUT2D eigenvalue weighted by atomic mass is 10.1. The van der Waals surface area contributed by atoms with Gasteiger partial charge in [-0.25, -0.2) is 9.00 Å². The molecule has 1 aromatic rings. The van der Waals surface area contributed by atoms with Crippen molar-refractivity contribution in [2.45, 2.75) is 12.5 Å². The summed E-state index contributed by atoms with van der Waals surface area (Å²) in [5.41, 5.74) is 1.32. The number of methoxy groups -OCH3 is 1. The molecule has 1 aromatic carbocycles. The first-order chi connectivity index (χ1) is 9.08. The van der Waals surface area contributed by atoms with Crippen molar-refractivity contribution in [3.8, 4) is 5.75 Å². The van der Waals surface area contributed by atoms with Gasteiger partial charge in [-0.1, -0.05) is 6.07 Å². The minimum atomic E-state index is -2.17. The van der Waals surface area contributed by atoms with Crippen LogP contribution in [0.1, 0.15) is 5.56 Å². The number of amides is 1. The maximum atomic E-state index is 10.9. The Balaban J connectivity index is 2.12.